The number of amides is 2. The second-order valence-electron chi connectivity index (χ2n) is 7.54. The molecule has 0 fully saturated rings. The summed E-state index contributed by atoms with van der Waals surface area (Å²) in [7, 11) is 0. The normalized spacial score (nSPS) is 13.5. The summed E-state index contributed by atoms with van der Waals surface area (Å²) in [5, 5.41) is 1.33. The number of hydrogen-bond donors (Lipinski definition) is 0. The van der Waals surface area contributed by atoms with E-state index in [0.717, 1.165) is 12.2 Å². The first-order valence-corrected chi connectivity index (χ1v) is 11.1. The third kappa shape index (κ3) is 3.65. The zero-order valence-corrected chi connectivity index (χ0v) is 17.8. The largest absolute Gasteiger partial charge is 0.285 e. The van der Waals surface area contributed by atoms with Crippen molar-refractivity contribution in [2.75, 3.05) is 12.3 Å². The molecule has 0 spiro atoms. The van der Waals surface area contributed by atoms with Crippen molar-refractivity contribution in [1.82, 2.24) is 14.5 Å². The number of para-hydroxylation sites is 1. The summed E-state index contributed by atoms with van der Waals surface area (Å²) in [5.41, 5.74) is 1.65. The second kappa shape index (κ2) is 8.44. The number of thioether (sulfide) groups is 1. The third-order valence-electron chi connectivity index (χ3n) is 5.18. The van der Waals surface area contributed by atoms with Crippen LogP contribution in [0.25, 0.3) is 10.9 Å². The molecule has 0 N–H and O–H groups in total. The molecule has 1 aliphatic heterocycles. The molecule has 1 aromatic heterocycles. The minimum absolute atomic E-state index is 0.00968. The fourth-order valence-corrected chi connectivity index (χ4v) is 4.79. The van der Waals surface area contributed by atoms with Gasteiger partial charge in [-0.25, -0.2) is 4.98 Å². The lowest BCUT2D eigenvalue weighted by atomic mass is 10.1. The number of rotatable bonds is 7. The van der Waals surface area contributed by atoms with E-state index in [1.54, 1.807) is 34.9 Å². The molecule has 0 aliphatic carbocycles. The van der Waals surface area contributed by atoms with Crippen molar-refractivity contribution in [1.29, 1.82) is 0 Å². The van der Waals surface area contributed by atoms with Gasteiger partial charge in [-0.2, -0.15) is 0 Å². The second-order valence-corrected chi connectivity index (χ2v) is 8.61. The Labute approximate surface area is 178 Å². The lowest BCUT2D eigenvalue weighted by Crippen LogP contribution is -2.30. The third-order valence-corrected chi connectivity index (χ3v) is 6.22. The Bertz CT molecular complexity index is 1150. The highest BCUT2D eigenvalue weighted by Crippen LogP contribution is 2.24. The van der Waals surface area contributed by atoms with Crippen molar-refractivity contribution in [3.05, 3.63) is 70.0 Å². The number of imide groups is 1. The van der Waals surface area contributed by atoms with E-state index in [0.29, 0.717) is 40.2 Å². The van der Waals surface area contributed by atoms with Crippen LogP contribution in [0.1, 0.15) is 53.4 Å². The summed E-state index contributed by atoms with van der Waals surface area (Å²) in [6.45, 7) is 4.35. The van der Waals surface area contributed by atoms with Crippen LogP contribution in [0.15, 0.2) is 58.5 Å². The van der Waals surface area contributed by atoms with Crippen LogP contribution < -0.4 is 5.56 Å². The van der Waals surface area contributed by atoms with Crippen LogP contribution in [0.4, 0.5) is 0 Å². The van der Waals surface area contributed by atoms with E-state index >= 15 is 0 Å². The molecule has 3 aromatic rings. The van der Waals surface area contributed by atoms with E-state index in [1.165, 1.54) is 16.7 Å². The first-order valence-electron chi connectivity index (χ1n) is 10.1. The van der Waals surface area contributed by atoms with Gasteiger partial charge in [-0.05, 0) is 51.0 Å². The van der Waals surface area contributed by atoms with Gasteiger partial charge in [0.25, 0.3) is 17.4 Å². The van der Waals surface area contributed by atoms with Gasteiger partial charge in [0.15, 0.2) is 5.16 Å². The molecule has 154 valence electrons. The lowest BCUT2D eigenvalue weighted by Gasteiger charge is -2.16. The quantitative estimate of drug-likeness (QED) is 0.248. The average Bonchev–Trinajstić information content (AvgIpc) is 2.98. The highest BCUT2D eigenvalue weighted by atomic mass is 32.2. The molecular weight excluding hydrogens is 398 g/mol. The minimum Gasteiger partial charge on any atom is -0.285 e. The van der Waals surface area contributed by atoms with E-state index in [9.17, 15) is 14.4 Å². The lowest BCUT2D eigenvalue weighted by molar-refractivity contribution is 0.0652. The fourth-order valence-electron chi connectivity index (χ4n) is 3.66. The summed E-state index contributed by atoms with van der Waals surface area (Å²) in [4.78, 5) is 43.7. The summed E-state index contributed by atoms with van der Waals surface area (Å²) < 4.78 is 1.73. The maximum Gasteiger partial charge on any atom is 0.262 e. The molecule has 1 aliphatic rings. The Kier molecular flexibility index (Phi) is 5.72. The maximum absolute atomic E-state index is 12.9. The fraction of sp³-hybridized carbons (Fsp3) is 0.304. The van der Waals surface area contributed by atoms with Gasteiger partial charge >= 0.3 is 0 Å². The van der Waals surface area contributed by atoms with E-state index in [1.807, 2.05) is 32.0 Å². The Morgan fingerprint density at radius 1 is 0.900 bits per heavy atom. The van der Waals surface area contributed by atoms with Crippen molar-refractivity contribution in [3.63, 3.8) is 0 Å². The van der Waals surface area contributed by atoms with E-state index in [-0.39, 0.29) is 23.4 Å². The van der Waals surface area contributed by atoms with Crippen molar-refractivity contribution >= 4 is 34.5 Å². The van der Waals surface area contributed by atoms with Gasteiger partial charge in [0.1, 0.15) is 0 Å². The molecule has 0 saturated carbocycles. The van der Waals surface area contributed by atoms with Crippen molar-refractivity contribution in [3.8, 4) is 0 Å². The highest BCUT2D eigenvalue weighted by molar-refractivity contribution is 7.99. The maximum atomic E-state index is 12.9. The number of fused-ring (bicyclic) bond motifs is 2. The molecule has 0 radical (unpaired) electrons. The van der Waals surface area contributed by atoms with Crippen molar-refractivity contribution in [2.45, 2.75) is 37.9 Å². The predicted octanol–water partition coefficient (Wildman–Crippen LogP) is 4.15. The average molecular weight is 422 g/mol. The van der Waals surface area contributed by atoms with Crippen molar-refractivity contribution in [2.24, 2.45) is 0 Å². The first-order chi connectivity index (χ1) is 14.5. The number of unbranched alkanes of at least 4 members (excludes halogenated alkanes) is 1. The predicted molar refractivity (Wildman–Crippen MR) is 118 cm³/mol. The summed E-state index contributed by atoms with van der Waals surface area (Å²) in [5.74, 6) is 0.321. The molecule has 0 unspecified atom stereocenters. The van der Waals surface area contributed by atoms with Crippen LogP contribution >= 0.6 is 11.8 Å². The molecule has 6 nitrogen and oxygen atoms in total. The van der Waals surface area contributed by atoms with E-state index < -0.39 is 0 Å². The SMILES string of the molecule is CC(C)n1c(SCCCCN2C(=O)c3ccccc3C2=O)nc2ccccc2c1=O. The van der Waals surface area contributed by atoms with Crippen molar-refractivity contribution < 1.29 is 9.59 Å². The van der Waals surface area contributed by atoms with Gasteiger partial charge in [-0.1, -0.05) is 36.0 Å². The minimum atomic E-state index is -0.215. The Morgan fingerprint density at radius 3 is 2.20 bits per heavy atom. The molecule has 7 heteroatoms. The Balaban J connectivity index is 1.39. The zero-order valence-electron chi connectivity index (χ0n) is 17.0. The van der Waals surface area contributed by atoms with Crippen LogP contribution in [0.5, 0.6) is 0 Å². The Hall–Kier alpha value is -2.93. The van der Waals surface area contributed by atoms with Crippen LogP contribution in [-0.4, -0.2) is 38.6 Å². The molecular formula is C23H23N3O3S. The first kappa shape index (κ1) is 20.3. The standard InChI is InChI=1S/C23H23N3O3S/c1-15(2)26-22(29)18-11-5-6-12-19(18)24-23(26)30-14-8-7-13-25-20(27)16-9-3-4-10-17(16)21(25)28/h3-6,9-12,15H,7-8,13-14H2,1-2H3. The summed E-state index contributed by atoms with van der Waals surface area (Å²) >= 11 is 1.54. The smallest absolute Gasteiger partial charge is 0.262 e. The van der Waals surface area contributed by atoms with Gasteiger partial charge in [0.05, 0.1) is 22.0 Å². The Morgan fingerprint density at radius 2 is 1.53 bits per heavy atom. The van der Waals surface area contributed by atoms with Gasteiger partial charge in [0.2, 0.25) is 0 Å². The number of carbonyl (C=O) groups is 2. The molecule has 0 atom stereocenters. The molecule has 4 rings (SSSR count). The molecule has 0 saturated heterocycles. The number of aromatic nitrogens is 2. The molecule has 2 amide bonds. The van der Waals surface area contributed by atoms with E-state index in [4.69, 9.17) is 4.98 Å². The zero-order chi connectivity index (χ0) is 21.3. The summed E-state index contributed by atoms with van der Waals surface area (Å²) in [6, 6.07) is 14.3. The molecule has 2 heterocycles. The molecule has 0 bridgehead atoms. The van der Waals surface area contributed by atoms with Crippen LogP contribution in [-0.2, 0) is 0 Å². The van der Waals surface area contributed by atoms with Gasteiger partial charge in [-0.15, -0.1) is 0 Å². The van der Waals surface area contributed by atoms with Crippen LogP contribution in [0.3, 0.4) is 0 Å². The monoisotopic (exact) mass is 421 g/mol. The topological polar surface area (TPSA) is 72.3 Å². The van der Waals surface area contributed by atoms with Gasteiger partial charge < -0.3 is 0 Å². The number of carbonyl (C=O) groups excluding carboxylic acids is 2. The van der Waals surface area contributed by atoms with Crippen LogP contribution in [0.2, 0.25) is 0 Å². The summed E-state index contributed by atoms with van der Waals surface area (Å²) in [6.07, 6.45) is 1.51. The highest BCUT2D eigenvalue weighted by Gasteiger charge is 2.34. The van der Waals surface area contributed by atoms with Crippen LogP contribution in [0, 0.1) is 0 Å². The van der Waals surface area contributed by atoms with Gasteiger partial charge in [0, 0.05) is 18.3 Å². The molecule has 2 aromatic carbocycles. The van der Waals surface area contributed by atoms with Gasteiger partial charge in [-0.3, -0.25) is 23.9 Å². The molecule has 30 heavy (non-hydrogen) atoms. The number of benzene rings is 2. The number of nitrogens with zero attached hydrogens (tertiary/aromatic N) is 3. The van der Waals surface area contributed by atoms with E-state index in [2.05, 4.69) is 0 Å². The number of hydrogen-bond acceptors (Lipinski definition) is 5.